The van der Waals surface area contributed by atoms with Gasteiger partial charge in [0.25, 0.3) is 0 Å². The summed E-state index contributed by atoms with van der Waals surface area (Å²) < 4.78 is 15.3. The average Bonchev–Trinajstić information content (AvgIpc) is 2.42. The van der Waals surface area contributed by atoms with E-state index < -0.39 is 0 Å². The molecule has 1 N–H and O–H groups in total. The number of hydrogen-bond donors (Lipinski definition) is 1. The van der Waals surface area contributed by atoms with Crippen LogP contribution in [0.5, 0.6) is 5.75 Å². The number of ether oxygens (including phenoxy) is 3. The lowest BCUT2D eigenvalue weighted by Gasteiger charge is -2.10. The van der Waals surface area contributed by atoms with Crippen molar-refractivity contribution in [2.24, 2.45) is 0 Å². The van der Waals surface area contributed by atoms with Crippen LogP contribution in [0.1, 0.15) is 5.56 Å². The third-order valence-electron chi connectivity index (χ3n) is 2.34. The molecule has 0 aliphatic carbocycles. The van der Waals surface area contributed by atoms with E-state index in [1.54, 1.807) is 32.4 Å². The fourth-order valence-corrected chi connectivity index (χ4v) is 1.40. The van der Waals surface area contributed by atoms with Crippen molar-refractivity contribution in [3.63, 3.8) is 0 Å². The summed E-state index contributed by atoms with van der Waals surface area (Å²) in [7, 11) is 3.23. The summed E-state index contributed by atoms with van der Waals surface area (Å²) >= 11 is 0. The Morgan fingerprint density at radius 3 is 2.72 bits per heavy atom. The predicted molar refractivity (Wildman–Crippen MR) is 68.9 cm³/mol. The van der Waals surface area contributed by atoms with Gasteiger partial charge in [-0.3, -0.25) is 0 Å². The third kappa shape index (κ3) is 4.62. The summed E-state index contributed by atoms with van der Waals surface area (Å²) in [6, 6.07) is 7.42. The van der Waals surface area contributed by atoms with Gasteiger partial charge in [-0.25, -0.2) is 0 Å². The second kappa shape index (κ2) is 8.34. The van der Waals surface area contributed by atoms with Gasteiger partial charge in [-0.2, -0.15) is 5.26 Å². The highest BCUT2D eigenvalue weighted by molar-refractivity contribution is 5.60. The lowest BCUT2D eigenvalue weighted by molar-refractivity contribution is 0.0759. The molecule has 98 valence electrons. The summed E-state index contributed by atoms with van der Waals surface area (Å²) in [5.41, 5.74) is 1.35. The molecule has 0 spiro atoms. The van der Waals surface area contributed by atoms with E-state index in [0.717, 1.165) is 11.4 Å². The molecule has 0 saturated heterocycles. The molecular weight excluding hydrogens is 232 g/mol. The van der Waals surface area contributed by atoms with Crippen LogP contribution in [0.4, 0.5) is 5.69 Å². The number of benzene rings is 1. The molecule has 1 rings (SSSR count). The van der Waals surface area contributed by atoms with Crippen LogP contribution >= 0.6 is 0 Å². The number of nitrogens with one attached hydrogen (secondary N) is 1. The van der Waals surface area contributed by atoms with Crippen LogP contribution in [0.3, 0.4) is 0 Å². The molecule has 0 fully saturated rings. The molecule has 0 aliphatic heterocycles. The van der Waals surface area contributed by atoms with Crippen LogP contribution in [0.15, 0.2) is 18.2 Å². The summed E-state index contributed by atoms with van der Waals surface area (Å²) in [6.07, 6.45) is 0. The standard InChI is InChI=1S/C13H18N2O3/c1-16-7-8-18-6-5-15-13-9-12(17-2)4-3-11(13)10-14/h3-4,9,15H,5-8H2,1-2H3. The molecule has 0 radical (unpaired) electrons. The Hall–Kier alpha value is -1.77. The monoisotopic (exact) mass is 250 g/mol. The minimum absolute atomic E-state index is 0.561. The van der Waals surface area contributed by atoms with Crippen LogP contribution in [-0.2, 0) is 9.47 Å². The van der Waals surface area contributed by atoms with E-state index in [9.17, 15) is 0 Å². The second-order valence-corrected chi connectivity index (χ2v) is 3.56. The van der Waals surface area contributed by atoms with E-state index >= 15 is 0 Å². The first-order chi connectivity index (χ1) is 8.81. The van der Waals surface area contributed by atoms with E-state index in [1.165, 1.54) is 0 Å². The molecule has 5 heteroatoms. The minimum Gasteiger partial charge on any atom is -0.497 e. The van der Waals surface area contributed by atoms with E-state index in [0.29, 0.717) is 31.9 Å². The smallest absolute Gasteiger partial charge is 0.121 e. The fourth-order valence-electron chi connectivity index (χ4n) is 1.40. The van der Waals surface area contributed by atoms with Crippen molar-refractivity contribution >= 4 is 5.69 Å². The van der Waals surface area contributed by atoms with Gasteiger partial charge in [0.15, 0.2) is 0 Å². The molecule has 1 aromatic rings. The first-order valence-electron chi connectivity index (χ1n) is 5.70. The third-order valence-corrected chi connectivity index (χ3v) is 2.34. The molecule has 0 amide bonds. The Bertz CT molecular complexity index is 402. The number of anilines is 1. The van der Waals surface area contributed by atoms with Crippen LogP contribution < -0.4 is 10.1 Å². The molecule has 1 aromatic carbocycles. The van der Waals surface area contributed by atoms with Gasteiger partial charge in [0.2, 0.25) is 0 Å². The van der Waals surface area contributed by atoms with Gasteiger partial charge >= 0.3 is 0 Å². The van der Waals surface area contributed by atoms with Gasteiger partial charge in [0.05, 0.1) is 38.2 Å². The molecule has 5 nitrogen and oxygen atoms in total. The molecule has 0 aromatic heterocycles. The number of methoxy groups -OCH3 is 2. The highest BCUT2D eigenvalue weighted by Gasteiger charge is 2.03. The van der Waals surface area contributed by atoms with Crippen molar-refractivity contribution in [1.29, 1.82) is 5.26 Å². The Morgan fingerprint density at radius 1 is 1.22 bits per heavy atom. The van der Waals surface area contributed by atoms with Crippen LogP contribution in [0.2, 0.25) is 0 Å². The summed E-state index contributed by atoms with van der Waals surface area (Å²) in [5, 5.41) is 12.1. The Labute approximate surface area is 107 Å². The fraction of sp³-hybridized carbons (Fsp3) is 0.462. The lowest BCUT2D eigenvalue weighted by Crippen LogP contribution is -2.12. The summed E-state index contributed by atoms with van der Waals surface area (Å²) in [4.78, 5) is 0. The maximum absolute atomic E-state index is 8.98. The van der Waals surface area contributed by atoms with Gasteiger partial charge < -0.3 is 19.5 Å². The first kappa shape index (κ1) is 14.3. The maximum atomic E-state index is 8.98. The van der Waals surface area contributed by atoms with E-state index in [1.807, 2.05) is 0 Å². The predicted octanol–water partition coefficient (Wildman–Crippen LogP) is 1.64. The van der Waals surface area contributed by atoms with Crippen molar-refractivity contribution in [3.05, 3.63) is 23.8 Å². The van der Waals surface area contributed by atoms with Crippen molar-refractivity contribution in [3.8, 4) is 11.8 Å². The topological polar surface area (TPSA) is 63.5 Å². The largest absolute Gasteiger partial charge is 0.497 e. The van der Waals surface area contributed by atoms with Gasteiger partial charge in [0.1, 0.15) is 11.8 Å². The quantitative estimate of drug-likeness (QED) is 0.711. The van der Waals surface area contributed by atoms with Crippen LogP contribution in [0.25, 0.3) is 0 Å². The SMILES string of the molecule is COCCOCCNc1cc(OC)ccc1C#N. The second-order valence-electron chi connectivity index (χ2n) is 3.56. The average molecular weight is 250 g/mol. The normalized spacial score (nSPS) is 9.83. The van der Waals surface area contributed by atoms with Gasteiger partial charge in [-0.05, 0) is 12.1 Å². The van der Waals surface area contributed by atoms with E-state index in [4.69, 9.17) is 19.5 Å². The highest BCUT2D eigenvalue weighted by atomic mass is 16.5. The summed E-state index contributed by atoms with van der Waals surface area (Å²) in [5.74, 6) is 0.719. The highest BCUT2D eigenvalue weighted by Crippen LogP contribution is 2.21. The molecule has 0 heterocycles. The maximum Gasteiger partial charge on any atom is 0.121 e. The zero-order chi connectivity index (χ0) is 13.2. The Morgan fingerprint density at radius 2 is 2.06 bits per heavy atom. The summed E-state index contributed by atoms with van der Waals surface area (Å²) in [6.45, 7) is 2.35. The van der Waals surface area contributed by atoms with Crippen molar-refractivity contribution in [1.82, 2.24) is 0 Å². The molecule has 18 heavy (non-hydrogen) atoms. The number of nitriles is 1. The molecule has 0 bridgehead atoms. The molecular formula is C13H18N2O3. The molecule has 0 atom stereocenters. The zero-order valence-electron chi connectivity index (χ0n) is 10.7. The first-order valence-corrected chi connectivity index (χ1v) is 5.70. The zero-order valence-corrected chi connectivity index (χ0v) is 10.7. The minimum atomic E-state index is 0.561. The van der Waals surface area contributed by atoms with Crippen molar-refractivity contribution < 1.29 is 14.2 Å². The van der Waals surface area contributed by atoms with Gasteiger partial charge in [0, 0.05) is 19.7 Å². The van der Waals surface area contributed by atoms with E-state index in [2.05, 4.69) is 11.4 Å². The number of nitrogens with zero attached hydrogens (tertiary/aromatic N) is 1. The van der Waals surface area contributed by atoms with Crippen molar-refractivity contribution in [2.45, 2.75) is 0 Å². The van der Waals surface area contributed by atoms with Crippen LogP contribution in [-0.4, -0.2) is 40.6 Å². The Kier molecular flexibility index (Phi) is 6.62. The van der Waals surface area contributed by atoms with E-state index in [-0.39, 0.29) is 0 Å². The van der Waals surface area contributed by atoms with Gasteiger partial charge in [-0.15, -0.1) is 0 Å². The molecule has 0 unspecified atom stereocenters. The molecule has 0 saturated carbocycles. The number of rotatable bonds is 8. The lowest BCUT2D eigenvalue weighted by atomic mass is 10.2. The molecule has 0 aliphatic rings. The van der Waals surface area contributed by atoms with Crippen LogP contribution in [0, 0.1) is 11.3 Å². The number of hydrogen-bond acceptors (Lipinski definition) is 5. The Balaban J connectivity index is 2.43. The van der Waals surface area contributed by atoms with Gasteiger partial charge in [-0.1, -0.05) is 0 Å². The van der Waals surface area contributed by atoms with Crippen molar-refractivity contribution in [2.75, 3.05) is 45.9 Å².